The van der Waals surface area contributed by atoms with Crippen LogP contribution in [0.2, 0.25) is 0 Å². The molecule has 1 aromatic carbocycles. The second-order valence-electron chi connectivity index (χ2n) is 4.51. The molecule has 1 aromatic rings. The summed E-state index contributed by atoms with van der Waals surface area (Å²) in [5.41, 5.74) is 0.123. The van der Waals surface area contributed by atoms with Gasteiger partial charge in [-0.05, 0) is 24.6 Å². The molecule has 2 rings (SSSR count). The Hall–Kier alpha value is -0.600. The monoisotopic (exact) mass is 381 g/mol. The van der Waals surface area contributed by atoms with Gasteiger partial charge in [0.1, 0.15) is 5.82 Å². The van der Waals surface area contributed by atoms with Crippen molar-refractivity contribution in [1.29, 1.82) is 0 Å². The number of hydrogen-bond donors (Lipinski definition) is 1. The molecule has 1 aliphatic heterocycles. The molecule has 0 aromatic heterocycles. The first kappa shape index (κ1) is 15.8. The highest BCUT2D eigenvalue weighted by atomic mass is 79.9. The summed E-state index contributed by atoms with van der Waals surface area (Å²) in [7, 11) is -2.93. The van der Waals surface area contributed by atoms with E-state index in [4.69, 9.17) is 0 Å². The van der Waals surface area contributed by atoms with E-state index in [1.165, 1.54) is 23.9 Å². The molecular formula is C12H13BrFNO3S2. The fraction of sp³-hybridized carbons (Fsp3) is 0.417. The Balaban J connectivity index is 1.84. The first-order valence-corrected chi connectivity index (χ1v) is 9.59. The Bertz CT molecular complexity index is 621. The normalized spacial score (nSPS) is 20.8. The van der Waals surface area contributed by atoms with Crippen molar-refractivity contribution >= 4 is 49.1 Å². The van der Waals surface area contributed by atoms with E-state index in [9.17, 15) is 17.6 Å². The number of thioether (sulfide) groups is 1. The number of amides is 1. The lowest BCUT2D eigenvalue weighted by Gasteiger charge is -2.09. The quantitative estimate of drug-likeness (QED) is 0.869. The minimum Gasteiger partial charge on any atom is -0.323 e. The third-order valence-electron chi connectivity index (χ3n) is 2.85. The van der Waals surface area contributed by atoms with Gasteiger partial charge in [0, 0.05) is 9.72 Å². The summed E-state index contributed by atoms with van der Waals surface area (Å²) in [6.45, 7) is 0. The Morgan fingerprint density at radius 1 is 1.50 bits per heavy atom. The fourth-order valence-electron chi connectivity index (χ4n) is 1.86. The lowest BCUT2D eigenvalue weighted by Crippen LogP contribution is -2.17. The fourth-order valence-corrected chi connectivity index (χ4v) is 5.64. The second kappa shape index (κ2) is 6.44. The number of rotatable bonds is 4. The minimum atomic E-state index is -2.93. The van der Waals surface area contributed by atoms with E-state index in [0.29, 0.717) is 10.9 Å². The molecule has 1 N–H and O–H groups in total. The smallest absolute Gasteiger partial charge is 0.234 e. The van der Waals surface area contributed by atoms with Crippen LogP contribution < -0.4 is 5.32 Å². The first-order valence-electron chi connectivity index (χ1n) is 5.93. The van der Waals surface area contributed by atoms with E-state index in [1.54, 1.807) is 6.07 Å². The van der Waals surface area contributed by atoms with Crippen molar-refractivity contribution in [1.82, 2.24) is 0 Å². The summed E-state index contributed by atoms with van der Waals surface area (Å²) in [4.78, 5) is 11.7. The second-order valence-corrected chi connectivity index (χ2v) is 8.94. The van der Waals surface area contributed by atoms with Crippen molar-refractivity contribution in [3.8, 4) is 0 Å². The van der Waals surface area contributed by atoms with Gasteiger partial charge in [-0.2, -0.15) is 0 Å². The van der Waals surface area contributed by atoms with Crippen LogP contribution in [0, 0.1) is 5.82 Å². The Kier molecular flexibility index (Phi) is 5.09. The van der Waals surface area contributed by atoms with E-state index in [2.05, 4.69) is 21.2 Å². The Morgan fingerprint density at radius 3 is 2.85 bits per heavy atom. The van der Waals surface area contributed by atoms with Gasteiger partial charge < -0.3 is 5.32 Å². The van der Waals surface area contributed by atoms with Gasteiger partial charge in [0.2, 0.25) is 5.91 Å². The van der Waals surface area contributed by atoms with Crippen molar-refractivity contribution in [3.05, 3.63) is 28.5 Å². The third-order valence-corrected chi connectivity index (χ3v) is 6.62. The molecule has 0 bridgehead atoms. The molecule has 8 heteroatoms. The average molecular weight is 382 g/mol. The number of benzene rings is 1. The number of nitrogens with one attached hydrogen (secondary N) is 1. The van der Waals surface area contributed by atoms with Crippen LogP contribution >= 0.6 is 27.7 Å². The molecule has 1 fully saturated rings. The maximum Gasteiger partial charge on any atom is 0.234 e. The minimum absolute atomic E-state index is 0.0412. The molecule has 1 atom stereocenters. The maximum atomic E-state index is 13.5. The van der Waals surface area contributed by atoms with E-state index in [1.807, 2.05) is 0 Å². The number of carbonyl (C=O) groups is 1. The maximum absolute atomic E-state index is 13.5. The molecule has 4 nitrogen and oxygen atoms in total. The highest BCUT2D eigenvalue weighted by Crippen LogP contribution is 2.25. The first-order chi connectivity index (χ1) is 9.35. The predicted molar refractivity (Wildman–Crippen MR) is 82.2 cm³/mol. The molecule has 1 unspecified atom stereocenters. The number of halogens is 2. The lowest BCUT2D eigenvalue weighted by molar-refractivity contribution is -0.113. The van der Waals surface area contributed by atoms with E-state index in [-0.39, 0.29) is 34.1 Å². The van der Waals surface area contributed by atoms with Crippen molar-refractivity contribution in [2.24, 2.45) is 0 Å². The molecule has 1 saturated heterocycles. The Labute approximate surface area is 129 Å². The van der Waals surface area contributed by atoms with Gasteiger partial charge >= 0.3 is 0 Å². The van der Waals surface area contributed by atoms with Crippen molar-refractivity contribution in [3.63, 3.8) is 0 Å². The van der Waals surface area contributed by atoms with E-state index < -0.39 is 15.7 Å². The van der Waals surface area contributed by atoms with Crippen LogP contribution in [0.5, 0.6) is 0 Å². The Morgan fingerprint density at radius 2 is 2.25 bits per heavy atom. The molecule has 0 spiro atoms. The molecule has 1 amide bonds. The summed E-state index contributed by atoms with van der Waals surface area (Å²) in [6.07, 6.45) is 0.576. The van der Waals surface area contributed by atoms with Crippen molar-refractivity contribution in [2.45, 2.75) is 11.7 Å². The van der Waals surface area contributed by atoms with Crippen LogP contribution in [-0.4, -0.2) is 36.8 Å². The highest BCUT2D eigenvalue weighted by molar-refractivity contribution is 9.10. The zero-order chi connectivity index (χ0) is 14.8. The number of anilines is 1. The largest absolute Gasteiger partial charge is 0.323 e. The van der Waals surface area contributed by atoms with Crippen molar-refractivity contribution < 1.29 is 17.6 Å². The molecule has 0 saturated carbocycles. The molecule has 20 heavy (non-hydrogen) atoms. The van der Waals surface area contributed by atoms with Crippen LogP contribution in [0.15, 0.2) is 22.7 Å². The standard InChI is InChI=1S/C12H13BrFNO3S2/c13-8-1-2-11(10(14)5-8)15-12(16)6-19-9-3-4-20(17,18)7-9/h1-2,5,9H,3-4,6-7H2,(H,15,16). The van der Waals surface area contributed by atoms with Crippen molar-refractivity contribution in [2.75, 3.05) is 22.6 Å². The summed E-state index contributed by atoms with van der Waals surface area (Å²) >= 11 is 4.43. The number of carbonyl (C=O) groups excluding carboxylic acids is 1. The van der Waals surface area contributed by atoms with Crippen LogP contribution in [0.3, 0.4) is 0 Å². The van der Waals surface area contributed by atoms with Gasteiger partial charge in [-0.1, -0.05) is 15.9 Å². The summed E-state index contributed by atoms with van der Waals surface area (Å²) < 4.78 is 36.7. The SMILES string of the molecule is O=C(CSC1CCS(=O)(=O)C1)Nc1ccc(Br)cc1F. The molecule has 0 aliphatic carbocycles. The zero-order valence-electron chi connectivity index (χ0n) is 10.4. The van der Waals surface area contributed by atoms with Gasteiger partial charge in [-0.3, -0.25) is 4.79 Å². The van der Waals surface area contributed by atoms with Gasteiger partial charge in [0.15, 0.2) is 9.84 Å². The highest BCUT2D eigenvalue weighted by Gasteiger charge is 2.28. The average Bonchev–Trinajstić information content (AvgIpc) is 2.70. The van der Waals surface area contributed by atoms with Crippen LogP contribution in [-0.2, 0) is 14.6 Å². The summed E-state index contributed by atoms with van der Waals surface area (Å²) in [6, 6.07) is 4.38. The number of hydrogen-bond acceptors (Lipinski definition) is 4. The van der Waals surface area contributed by atoms with E-state index in [0.717, 1.165) is 0 Å². The molecule has 1 heterocycles. The lowest BCUT2D eigenvalue weighted by atomic mass is 10.3. The molecule has 0 radical (unpaired) electrons. The molecule has 110 valence electrons. The van der Waals surface area contributed by atoms with Gasteiger partial charge in [-0.15, -0.1) is 11.8 Å². The van der Waals surface area contributed by atoms with Gasteiger partial charge in [-0.25, -0.2) is 12.8 Å². The zero-order valence-corrected chi connectivity index (χ0v) is 13.7. The summed E-state index contributed by atoms with van der Waals surface area (Å²) in [5.74, 6) is -0.414. The molecular weight excluding hydrogens is 369 g/mol. The van der Waals surface area contributed by atoms with E-state index >= 15 is 0 Å². The van der Waals surface area contributed by atoms with Crippen LogP contribution in [0.1, 0.15) is 6.42 Å². The van der Waals surface area contributed by atoms with Crippen LogP contribution in [0.4, 0.5) is 10.1 Å². The third kappa shape index (κ3) is 4.46. The number of sulfone groups is 1. The molecule has 1 aliphatic rings. The topological polar surface area (TPSA) is 63.2 Å². The summed E-state index contributed by atoms with van der Waals surface area (Å²) in [5, 5.41) is 2.44. The predicted octanol–water partition coefficient (Wildman–Crippen LogP) is 2.45. The van der Waals surface area contributed by atoms with Crippen LogP contribution in [0.25, 0.3) is 0 Å². The van der Waals surface area contributed by atoms with Gasteiger partial charge in [0.05, 0.1) is 22.9 Å². The van der Waals surface area contributed by atoms with Gasteiger partial charge in [0.25, 0.3) is 0 Å².